The number of nitrogens with one attached hydrogen (secondary N) is 1. The van der Waals surface area contributed by atoms with E-state index in [2.05, 4.69) is 10.3 Å². The normalized spacial score (nSPS) is 19.0. The lowest BCUT2D eigenvalue weighted by Crippen LogP contribution is -2.39. The van der Waals surface area contributed by atoms with Crippen LogP contribution in [0.4, 0.5) is 18.9 Å². The lowest BCUT2D eigenvalue weighted by Gasteiger charge is -2.24. The minimum Gasteiger partial charge on any atom is -0.327 e. The van der Waals surface area contributed by atoms with E-state index in [-0.39, 0.29) is 19.1 Å². The molecule has 1 N–H and O–H groups in total. The average Bonchev–Trinajstić information content (AvgIpc) is 3.34. The van der Waals surface area contributed by atoms with E-state index in [1.807, 2.05) is 12.1 Å². The average molecular weight is 418 g/mol. The van der Waals surface area contributed by atoms with Crippen LogP contribution in [-0.4, -0.2) is 45.9 Å². The second kappa shape index (κ2) is 8.06. The number of amides is 2. The molecule has 2 aliphatic rings. The quantitative estimate of drug-likeness (QED) is 0.778. The van der Waals surface area contributed by atoms with Crippen LogP contribution in [0.2, 0.25) is 0 Å². The highest BCUT2D eigenvalue weighted by Gasteiger charge is 2.36. The molecule has 2 aromatic rings. The molecule has 0 bridgehead atoms. The second-order valence-electron chi connectivity index (χ2n) is 7.59. The number of hydrogen-bond donors (Lipinski definition) is 1. The lowest BCUT2D eigenvalue weighted by molar-refractivity contribution is -0.147. The lowest BCUT2D eigenvalue weighted by atomic mass is 10.1. The number of hydrogen-bond acceptors (Lipinski definition) is 4. The van der Waals surface area contributed by atoms with Gasteiger partial charge < -0.3 is 10.2 Å². The number of carbonyl (C=O) groups is 2. The van der Waals surface area contributed by atoms with Gasteiger partial charge in [-0.1, -0.05) is 12.1 Å². The molecule has 0 unspecified atom stereocenters. The van der Waals surface area contributed by atoms with E-state index in [4.69, 9.17) is 0 Å². The van der Waals surface area contributed by atoms with Crippen LogP contribution < -0.4 is 5.32 Å². The first-order valence-corrected chi connectivity index (χ1v) is 9.73. The Labute approximate surface area is 171 Å². The molecular formula is C21H21F3N4O2. The van der Waals surface area contributed by atoms with E-state index >= 15 is 0 Å². The zero-order chi connectivity index (χ0) is 21.3. The summed E-state index contributed by atoms with van der Waals surface area (Å²) in [6, 6.07) is 8.50. The maximum atomic E-state index is 12.8. The molecule has 1 atom stereocenters. The highest BCUT2D eigenvalue weighted by atomic mass is 19.4. The number of carbonyl (C=O) groups excluding carboxylic acids is 2. The number of benzene rings is 1. The van der Waals surface area contributed by atoms with Crippen LogP contribution in [-0.2, 0) is 22.7 Å². The van der Waals surface area contributed by atoms with Crippen LogP contribution in [0, 0.1) is 0 Å². The van der Waals surface area contributed by atoms with E-state index < -0.39 is 24.5 Å². The van der Waals surface area contributed by atoms with E-state index in [9.17, 15) is 22.8 Å². The molecule has 0 saturated carbocycles. The van der Waals surface area contributed by atoms with Gasteiger partial charge in [0, 0.05) is 37.7 Å². The number of nitrogens with zero attached hydrogens (tertiary/aromatic N) is 3. The zero-order valence-corrected chi connectivity index (χ0v) is 16.2. The molecule has 158 valence electrons. The van der Waals surface area contributed by atoms with Crippen molar-refractivity contribution in [1.29, 1.82) is 0 Å². The molecule has 0 aliphatic carbocycles. The van der Waals surface area contributed by atoms with E-state index in [0.717, 1.165) is 24.0 Å². The molecule has 2 aliphatic heterocycles. The number of anilines is 1. The summed E-state index contributed by atoms with van der Waals surface area (Å²) in [4.78, 5) is 32.3. The summed E-state index contributed by atoms with van der Waals surface area (Å²) in [5.74, 6) is -1.42. The Balaban J connectivity index is 1.46. The van der Waals surface area contributed by atoms with Crippen molar-refractivity contribution in [3.05, 3.63) is 59.4 Å². The van der Waals surface area contributed by atoms with Gasteiger partial charge in [0.2, 0.25) is 0 Å². The Bertz CT molecular complexity index is 949. The third kappa shape index (κ3) is 4.30. The highest BCUT2D eigenvalue weighted by Crippen LogP contribution is 2.33. The van der Waals surface area contributed by atoms with Crippen LogP contribution in [0.3, 0.4) is 0 Å². The molecule has 1 aromatic heterocycles. The van der Waals surface area contributed by atoms with Gasteiger partial charge in [-0.25, -0.2) is 0 Å². The Kier molecular flexibility index (Phi) is 5.46. The molecule has 0 radical (unpaired) electrons. The monoisotopic (exact) mass is 418 g/mol. The van der Waals surface area contributed by atoms with Gasteiger partial charge in [-0.15, -0.1) is 0 Å². The predicted octanol–water partition coefficient (Wildman–Crippen LogP) is 3.26. The largest absolute Gasteiger partial charge is 0.401 e. The number of likely N-dealkylation sites (tertiary alicyclic amines) is 1. The topological polar surface area (TPSA) is 65.5 Å². The van der Waals surface area contributed by atoms with Gasteiger partial charge >= 0.3 is 18.0 Å². The third-order valence-corrected chi connectivity index (χ3v) is 5.50. The van der Waals surface area contributed by atoms with Crippen LogP contribution in [0.1, 0.15) is 35.6 Å². The van der Waals surface area contributed by atoms with Crippen molar-refractivity contribution in [2.75, 3.05) is 18.4 Å². The molecule has 1 fully saturated rings. The van der Waals surface area contributed by atoms with Crippen LogP contribution in [0.5, 0.6) is 0 Å². The maximum absolute atomic E-state index is 12.8. The fourth-order valence-electron chi connectivity index (χ4n) is 4.22. The Morgan fingerprint density at radius 3 is 2.63 bits per heavy atom. The summed E-state index contributed by atoms with van der Waals surface area (Å²) < 4.78 is 38.2. The molecule has 1 saturated heterocycles. The van der Waals surface area contributed by atoms with Gasteiger partial charge in [0.25, 0.3) is 0 Å². The van der Waals surface area contributed by atoms with Gasteiger partial charge in [-0.3, -0.25) is 19.5 Å². The Morgan fingerprint density at radius 2 is 1.90 bits per heavy atom. The van der Waals surface area contributed by atoms with Crippen molar-refractivity contribution in [2.24, 2.45) is 0 Å². The van der Waals surface area contributed by atoms with Gasteiger partial charge in [0.1, 0.15) is 0 Å². The molecular weight excluding hydrogens is 397 g/mol. The second-order valence-corrected chi connectivity index (χ2v) is 7.59. The standard InChI is InChI=1S/C21H21F3N4O2/c22-21(23,24)13-27-11-15-3-1-4-17(16(15)12-27)26-19(29)20(30)28-10-2-5-18(28)14-6-8-25-9-7-14/h1,3-4,6-9,18H,2,5,10-13H2,(H,26,29)/t18-/m0/s1. The first-order valence-electron chi connectivity index (χ1n) is 9.73. The number of halogens is 3. The number of fused-ring (bicyclic) bond motifs is 1. The van der Waals surface area contributed by atoms with Crippen LogP contribution >= 0.6 is 0 Å². The van der Waals surface area contributed by atoms with Gasteiger partial charge in [-0.05, 0) is 47.7 Å². The van der Waals surface area contributed by atoms with Crippen molar-refractivity contribution >= 4 is 17.5 Å². The van der Waals surface area contributed by atoms with Crippen molar-refractivity contribution in [1.82, 2.24) is 14.8 Å². The summed E-state index contributed by atoms with van der Waals surface area (Å²) in [5, 5.41) is 2.62. The predicted molar refractivity (Wildman–Crippen MR) is 103 cm³/mol. The van der Waals surface area contributed by atoms with Gasteiger partial charge in [-0.2, -0.15) is 13.2 Å². The maximum Gasteiger partial charge on any atom is 0.401 e. The molecule has 3 heterocycles. The third-order valence-electron chi connectivity index (χ3n) is 5.50. The SMILES string of the molecule is O=C(Nc1cccc2c1CN(CC(F)(F)F)C2)C(=O)N1CCC[C@H]1c1ccncc1. The number of rotatable bonds is 3. The number of aromatic nitrogens is 1. The van der Waals surface area contributed by atoms with Crippen molar-refractivity contribution in [3.8, 4) is 0 Å². The van der Waals surface area contributed by atoms with E-state index in [1.165, 1.54) is 4.90 Å². The summed E-state index contributed by atoms with van der Waals surface area (Å²) >= 11 is 0. The summed E-state index contributed by atoms with van der Waals surface area (Å²) in [6.45, 7) is -0.313. The zero-order valence-electron chi connectivity index (χ0n) is 16.2. The minimum absolute atomic E-state index is 0.0723. The molecule has 6 nitrogen and oxygen atoms in total. The highest BCUT2D eigenvalue weighted by molar-refractivity contribution is 6.39. The summed E-state index contributed by atoms with van der Waals surface area (Å²) in [7, 11) is 0. The van der Waals surface area contributed by atoms with Crippen LogP contribution in [0.25, 0.3) is 0 Å². The number of alkyl halides is 3. The minimum atomic E-state index is -4.29. The van der Waals surface area contributed by atoms with Gasteiger partial charge in [0.05, 0.1) is 12.6 Å². The smallest absolute Gasteiger partial charge is 0.327 e. The Morgan fingerprint density at radius 1 is 1.13 bits per heavy atom. The molecule has 30 heavy (non-hydrogen) atoms. The summed E-state index contributed by atoms with van der Waals surface area (Å²) in [6.07, 6.45) is 0.557. The first kappa shape index (κ1) is 20.3. The molecule has 2 amide bonds. The first-order chi connectivity index (χ1) is 14.3. The fourth-order valence-corrected chi connectivity index (χ4v) is 4.22. The molecule has 1 aromatic carbocycles. The van der Waals surface area contributed by atoms with Crippen molar-refractivity contribution in [3.63, 3.8) is 0 Å². The fraction of sp³-hybridized carbons (Fsp3) is 0.381. The number of pyridine rings is 1. The van der Waals surface area contributed by atoms with E-state index in [0.29, 0.717) is 17.8 Å². The molecule has 9 heteroatoms. The Hall–Kier alpha value is -2.94. The summed E-state index contributed by atoms with van der Waals surface area (Å²) in [5.41, 5.74) is 2.65. The van der Waals surface area contributed by atoms with Crippen LogP contribution in [0.15, 0.2) is 42.7 Å². The van der Waals surface area contributed by atoms with Crippen molar-refractivity contribution < 1.29 is 22.8 Å². The molecule has 0 spiro atoms. The molecule has 4 rings (SSSR count). The van der Waals surface area contributed by atoms with Gasteiger partial charge in [0.15, 0.2) is 0 Å². The van der Waals surface area contributed by atoms with E-state index in [1.54, 1.807) is 35.5 Å². The van der Waals surface area contributed by atoms with Crippen molar-refractivity contribution in [2.45, 2.75) is 38.1 Å².